The van der Waals surface area contributed by atoms with E-state index >= 15 is 0 Å². The zero-order valence-electron chi connectivity index (χ0n) is 17.9. The number of carbonyl (C=O) groups excluding carboxylic acids is 1. The molecule has 1 aliphatic heterocycles. The lowest BCUT2D eigenvalue weighted by Gasteiger charge is -2.33. The summed E-state index contributed by atoms with van der Waals surface area (Å²) in [6, 6.07) is 8.08. The Labute approximate surface area is 181 Å². The highest BCUT2D eigenvalue weighted by Gasteiger charge is 2.27. The van der Waals surface area contributed by atoms with Gasteiger partial charge in [0, 0.05) is 31.9 Å². The Morgan fingerprint density at radius 1 is 1.23 bits per heavy atom. The van der Waals surface area contributed by atoms with Crippen molar-refractivity contribution in [3.05, 3.63) is 46.9 Å². The third kappa shape index (κ3) is 4.79. The van der Waals surface area contributed by atoms with Crippen LogP contribution in [-0.2, 0) is 14.8 Å². The Hall–Kier alpha value is -2.74. The molecular formula is C21H26FN5O3S. The summed E-state index contributed by atoms with van der Waals surface area (Å²) in [6.45, 7) is 6.84. The fourth-order valence-electron chi connectivity index (χ4n) is 3.72. The Morgan fingerprint density at radius 2 is 1.90 bits per heavy atom. The Balaban J connectivity index is 1.78. The molecule has 166 valence electrons. The van der Waals surface area contributed by atoms with Crippen molar-refractivity contribution in [1.82, 2.24) is 13.8 Å². The second-order valence-electron chi connectivity index (χ2n) is 7.49. The molecule has 1 aliphatic rings. The van der Waals surface area contributed by atoms with Crippen LogP contribution < -0.4 is 5.32 Å². The molecule has 0 radical (unpaired) electrons. The summed E-state index contributed by atoms with van der Waals surface area (Å²) < 4.78 is 40.9. The molecule has 2 aromatic rings. The first kappa shape index (κ1) is 22.9. The number of aromatic nitrogens is 1. The van der Waals surface area contributed by atoms with Gasteiger partial charge in [0.2, 0.25) is 15.9 Å². The van der Waals surface area contributed by atoms with Crippen LogP contribution in [0.15, 0.2) is 24.3 Å². The van der Waals surface area contributed by atoms with Crippen molar-refractivity contribution < 1.29 is 17.6 Å². The van der Waals surface area contributed by atoms with Gasteiger partial charge < -0.3 is 5.32 Å². The highest BCUT2D eigenvalue weighted by Crippen LogP contribution is 2.30. The first-order valence-corrected chi connectivity index (χ1v) is 11.7. The van der Waals surface area contributed by atoms with Crippen LogP contribution in [0.5, 0.6) is 0 Å². The van der Waals surface area contributed by atoms with E-state index in [0.29, 0.717) is 48.8 Å². The molecule has 2 heterocycles. The van der Waals surface area contributed by atoms with E-state index in [-0.39, 0.29) is 18.2 Å². The van der Waals surface area contributed by atoms with Gasteiger partial charge in [-0.3, -0.25) is 14.3 Å². The van der Waals surface area contributed by atoms with Gasteiger partial charge in [-0.25, -0.2) is 12.8 Å². The Morgan fingerprint density at radius 3 is 2.48 bits per heavy atom. The van der Waals surface area contributed by atoms with Gasteiger partial charge >= 0.3 is 0 Å². The molecule has 1 amide bonds. The van der Waals surface area contributed by atoms with Gasteiger partial charge in [0.25, 0.3) is 0 Å². The maximum absolute atomic E-state index is 13.8. The lowest BCUT2D eigenvalue weighted by molar-refractivity contribution is -0.117. The SMILES string of the molecule is CCS(=O)(=O)N1CCN(CC(=O)Nc2c(C#N)c(C)c(C)n2-c2cccc(F)c2)CC1. The summed E-state index contributed by atoms with van der Waals surface area (Å²) in [5, 5.41) is 12.5. The van der Waals surface area contributed by atoms with Crippen molar-refractivity contribution >= 4 is 21.7 Å². The van der Waals surface area contributed by atoms with Crippen LogP contribution in [0, 0.1) is 31.0 Å². The standard InChI is InChI=1S/C21H26FN5O3S/c1-4-31(29,30)26-10-8-25(9-11-26)14-20(28)24-21-19(13-23)15(2)16(3)27(21)18-7-5-6-17(22)12-18/h5-7,12H,4,8-11,14H2,1-3H3,(H,24,28). The molecule has 0 spiro atoms. The van der Waals surface area contributed by atoms with E-state index in [0.717, 1.165) is 5.69 Å². The number of halogens is 1. The quantitative estimate of drug-likeness (QED) is 0.731. The number of nitriles is 1. The number of carbonyl (C=O) groups is 1. The van der Waals surface area contributed by atoms with E-state index in [9.17, 15) is 22.9 Å². The topological polar surface area (TPSA) is 98.4 Å². The van der Waals surface area contributed by atoms with E-state index < -0.39 is 15.8 Å². The lowest BCUT2D eigenvalue weighted by Crippen LogP contribution is -2.50. The second-order valence-corrected chi connectivity index (χ2v) is 9.74. The zero-order chi connectivity index (χ0) is 22.8. The van der Waals surface area contributed by atoms with Crippen LogP contribution in [0.4, 0.5) is 10.2 Å². The number of nitrogens with one attached hydrogen (secondary N) is 1. The second kappa shape index (κ2) is 9.18. The van der Waals surface area contributed by atoms with Crippen molar-refractivity contribution in [2.45, 2.75) is 20.8 Å². The number of nitrogens with zero attached hydrogens (tertiary/aromatic N) is 4. The molecule has 0 aliphatic carbocycles. The molecule has 31 heavy (non-hydrogen) atoms. The smallest absolute Gasteiger partial charge is 0.239 e. The zero-order valence-corrected chi connectivity index (χ0v) is 18.7. The fourth-order valence-corrected chi connectivity index (χ4v) is 4.81. The molecular weight excluding hydrogens is 421 g/mol. The van der Waals surface area contributed by atoms with Crippen LogP contribution >= 0.6 is 0 Å². The predicted molar refractivity (Wildman–Crippen MR) is 116 cm³/mol. The summed E-state index contributed by atoms with van der Waals surface area (Å²) >= 11 is 0. The minimum absolute atomic E-state index is 0.0557. The highest BCUT2D eigenvalue weighted by molar-refractivity contribution is 7.89. The fraction of sp³-hybridized carbons (Fsp3) is 0.429. The molecule has 1 fully saturated rings. The third-order valence-corrected chi connectivity index (χ3v) is 7.49. The Kier molecular flexibility index (Phi) is 6.79. The van der Waals surface area contributed by atoms with E-state index in [1.165, 1.54) is 16.4 Å². The van der Waals surface area contributed by atoms with Crippen LogP contribution in [0.1, 0.15) is 23.7 Å². The molecule has 0 unspecified atom stereocenters. The van der Waals surface area contributed by atoms with Crippen molar-refractivity contribution in [3.8, 4) is 11.8 Å². The van der Waals surface area contributed by atoms with Crippen molar-refractivity contribution in [1.29, 1.82) is 5.26 Å². The number of amides is 1. The molecule has 0 atom stereocenters. The van der Waals surface area contributed by atoms with Gasteiger partial charge in [0.15, 0.2) is 0 Å². The summed E-state index contributed by atoms with van der Waals surface area (Å²) in [4.78, 5) is 14.6. The highest BCUT2D eigenvalue weighted by atomic mass is 32.2. The molecule has 10 heteroatoms. The van der Waals surface area contributed by atoms with Crippen molar-refractivity contribution in [2.24, 2.45) is 0 Å². The average Bonchev–Trinajstić information content (AvgIpc) is 2.97. The summed E-state index contributed by atoms with van der Waals surface area (Å²) in [7, 11) is -3.24. The summed E-state index contributed by atoms with van der Waals surface area (Å²) in [5.74, 6) is -0.377. The van der Waals surface area contributed by atoms with Gasteiger partial charge in [-0.05, 0) is 44.5 Å². The van der Waals surface area contributed by atoms with Crippen LogP contribution in [0.3, 0.4) is 0 Å². The number of piperazine rings is 1. The van der Waals surface area contributed by atoms with Gasteiger partial charge in [-0.2, -0.15) is 9.57 Å². The number of benzene rings is 1. The molecule has 3 rings (SSSR count). The Bertz CT molecular complexity index is 1130. The minimum Gasteiger partial charge on any atom is -0.310 e. The molecule has 1 N–H and O–H groups in total. The molecule has 1 saturated heterocycles. The number of sulfonamides is 1. The maximum atomic E-state index is 13.8. The first-order valence-electron chi connectivity index (χ1n) is 10.1. The number of rotatable bonds is 6. The largest absolute Gasteiger partial charge is 0.310 e. The van der Waals surface area contributed by atoms with E-state index in [4.69, 9.17) is 0 Å². The van der Waals surface area contributed by atoms with Gasteiger partial charge in [-0.15, -0.1) is 0 Å². The molecule has 0 saturated carbocycles. The number of hydrogen-bond donors (Lipinski definition) is 1. The lowest BCUT2D eigenvalue weighted by atomic mass is 10.2. The summed E-state index contributed by atoms with van der Waals surface area (Å²) in [6.07, 6.45) is 0. The average molecular weight is 448 g/mol. The van der Waals surface area contributed by atoms with Crippen molar-refractivity contribution in [3.63, 3.8) is 0 Å². The molecule has 1 aromatic carbocycles. The number of anilines is 1. The first-order chi connectivity index (χ1) is 14.7. The van der Waals surface area contributed by atoms with E-state index in [2.05, 4.69) is 11.4 Å². The monoisotopic (exact) mass is 447 g/mol. The van der Waals surface area contributed by atoms with Crippen LogP contribution in [-0.4, -0.2) is 66.6 Å². The van der Waals surface area contributed by atoms with Gasteiger partial charge in [0.05, 0.1) is 23.5 Å². The van der Waals surface area contributed by atoms with Crippen molar-refractivity contribution in [2.75, 3.05) is 43.8 Å². The number of hydrogen-bond acceptors (Lipinski definition) is 5. The van der Waals surface area contributed by atoms with E-state index in [1.807, 2.05) is 11.8 Å². The maximum Gasteiger partial charge on any atom is 0.239 e. The normalized spacial score (nSPS) is 15.6. The van der Waals surface area contributed by atoms with Crippen LogP contribution in [0.25, 0.3) is 5.69 Å². The summed E-state index contributed by atoms with van der Waals surface area (Å²) in [5.41, 5.74) is 2.28. The molecule has 8 nitrogen and oxygen atoms in total. The van der Waals surface area contributed by atoms with Crippen LogP contribution in [0.2, 0.25) is 0 Å². The van der Waals surface area contributed by atoms with E-state index in [1.54, 1.807) is 30.5 Å². The predicted octanol–water partition coefficient (Wildman–Crippen LogP) is 2.01. The van der Waals surface area contributed by atoms with Gasteiger partial charge in [-0.1, -0.05) is 6.07 Å². The van der Waals surface area contributed by atoms with Gasteiger partial charge in [0.1, 0.15) is 17.7 Å². The minimum atomic E-state index is -3.24. The molecule has 1 aromatic heterocycles. The molecule has 0 bridgehead atoms. The third-order valence-electron chi connectivity index (χ3n) is 5.61.